The van der Waals surface area contributed by atoms with Gasteiger partial charge in [-0.05, 0) is 45.0 Å². The van der Waals surface area contributed by atoms with E-state index in [4.69, 9.17) is 0 Å². The second kappa shape index (κ2) is 2.73. The lowest BCUT2D eigenvalue weighted by Gasteiger charge is -1.94. The topological polar surface area (TPSA) is 33.1 Å². The Hall–Kier alpha value is -0.710. The molecule has 1 aromatic heterocycles. The van der Waals surface area contributed by atoms with E-state index in [0.717, 1.165) is 5.35 Å². The van der Waals surface area contributed by atoms with Crippen molar-refractivity contribution in [2.24, 2.45) is 0 Å². The van der Waals surface area contributed by atoms with Gasteiger partial charge in [0.25, 0.3) is 0 Å². The number of fused-ring (bicyclic) bond motifs is 1. The molecule has 0 saturated heterocycles. The minimum atomic E-state index is -0.345. The Bertz CT molecular complexity index is 422. The Kier molecular flexibility index (Phi) is 1.73. The summed E-state index contributed by atoms with van der Waals surface area (Å²) >= 11 is -0.345. The molecule has 0 saturated carbocycles. The SMILES string of the molecule is OC1=CC=c2ncccc2=I1. The minimum Gasteiger partial charge on any atom is -0.503 e. The van der Waals surface area contributed by atoms with Crippen LogP contribution < -0.4 is 5.35 Å². The van der Waals surface area contributed by atoms with Gasteiger partial charge >= 0.3 is 0 Å². The largest absolute Gasteiger partial charge is 0.503 e. The number of aliphatic hydroxyl groups excluding tert-OH is 1. The van der Waals surface area contributed by atoms with E-state index in [9.17, 15) is 5.11 Å². The molecule has 1 N–H and O–H groups in total. The molecule has 56 valence electrons. The summed E-state index contributed by atoms with van der Waals surface area (Å²) in [6, 6.07) is 3.93. The normalized spacial score (nSPS) is 14.7. The van der Waals surface area contributed by atoms with Crippen molar-refractivity contribution in [3.8, 4) is 0 Å². The molecule has 2 rings (SSSR count). The number of allylic oxidation sites excluding steroid dienone is 1. The average Bonchev–Trinajstić information content (AvgIpc) is 2.04. The van der Waals surface area contributed by atoms with Crippen LogP contribution in [0.25, 0.3) is 6.08 Å². The van der Waals surface area contributed by atoms with Gasteiger partial charge in [-0.3, -0.25) is 4.98 Å². The van der Waals surface area contributed by atoms with E-state index < -0.39 is 0 Å². The highest BCUT2D eigenvalue weighted by Crippen LogP contribution is 2.15. The van der Waals surface area contributed by atoms with Crippen LogP contribution in [0.5, 0.6) is 0 Å². The fraction of sp³-hybridized carbons (Fsp3) is 0. The number of aliphatic hydroxyl groups is 1. The quantitative estimate of drug-likeness (QED) is 0.716. The van der Waals surface area contributed by atoms with Crippen LogP contribution >= 0.6 is 20.7 Å². The molecule has 2 nitrogen and oxygen atoms in total. The van der Waals surface area contributed by atoms with E-state index in [1.807, 2.05) is 18.2 Å². The lowest BCUT2D eigenvalue weighted by Crippen LogP contribution is -2.07. The molecule has 1 aliphatic rings. The second-order valence-electron chi connectivity index (χ2n) is 2.12. The van der Waals surface area contributed by atoms with E-state index in [1.54, 1.807) is 12.3 Å². The van der Waals surface area contributed by atoms with Crippen molar-refractivity contribution in [1.82, 2.24) is 4.98 Å². The molecule has 0 amide bonds. The molecule has 1 aliphatic heterocycles. The number of pyridine rings is 1. The van der Waals surface area contributed by atoms with Gasteiger partial charge in [-0.15, -0.1) is 0 Å². The summed E-state index contributed by atoms with van der Waals surface area (Å²) in [5, 5.41) is 10.2. The van der Waals surface area contributed by atoms with Gasteiger partial charge < -0.3 is 5.11 Å². The summed E-state index contributed by atoms with van der Waals surface area (Å²) < 4.78 is 1.72. The van der Waals surface area contributed by atoms with Crippen LogP contribution in [0.4, 0.5) is 0 Å². The van der Waals surface area contributed by atoms with E-state index in [-0.39, 0.29) is 20.7 Å². The van der Waals surface area contributed by atoms with Crippen LogP contribution in [0.1, 0.15) is 0 Å². The molecule has 0 fully saturated rings. The van der Waals surface area contributed by atoms with Crippen LogP contribution in [-0.4, -0.2) is 10.1 Å². The van der Waals surface area contributed by atoms with Crippen molar-refractivity contribution in [2.45, 2.75) is 0 Å². The monoisotopic (exact) mass is 259 g/mol. The third-order valence-electron chi connectivity index (χ3n) is 1.36. The molecule has 0 atom stereocenters. The van der Waals surface area contributed by atoms with Crippen molar-refractivity contribution >= 4 is 26.8 Å². The molecule has 11 heavy (non-hydrogen) atoms. The van der Waals surface area contributed by atoms with Gasteiger partial charge in [-0.1, -0.05) is 0 Å². The predicted molar refractivity (Wildman–Crippen MR) is 51.9 cm³/mol. The standard InChI is InChI=1S/C8H6INO/c11-8-4-3-7-6(9-8)2-1-5-10-7/h1-5,11H. The van der Waals surface area contributed by atoms with Gasteiger partial charge in [0.2, 0.25) is 0 Å². The molecular weight excluding hydrogens is 253 g/mol. The maximum absolute atomic E-state index is 9.21. The van der Waals surface area contributed by atoms with Crippen molar-refractivity contribution in [2.75, 3.05) is 0 Å². The van der Waals surface area contributed by atoms with E-state index in [1.165, 1.54) is 3.15 Å². The molecule has 0 aromatic carbocycles. The van der Waals surface area contributed by atoms with Crippen LogP contribution in [0, 0.1) is 3.15 Å². The van der Waals surface area contributed by atoms with Crippen molar-refractivity contribution in [3.05, 3.63) is 36.7 Å². The molecule has 0 bridgehead atoms. The number of hydrogen-bond donors (Lipinski definition) is 1. The highest BCUT2D eigenvalue weighted by molar-refractivity contribution is 14.2. The van der Waals surface area contributed by atoms with Gasteiger partial charge in [-0.25, -0.2) is 0 Å². The zero-order chi connectivity index (χ0) is 7.68. The fourth-order valence-corrected chi connectivity index (χ4v) is 2.82. The molecule has 0 spiro atoms. The zero-order valence-electron chi connectivity index (χ0n) is 5.66. The van der Waals surface area contributed by atoms with Crippen LogP contribution in [0.15, 0.2) is 28.2 Å². The summed E-state index contributed by atoms with van der Waals surface area (Å²) in [5.41, 5.74) is 0. The number of aromatic nitrogens is 1. The molecule has 0 unspecified atom stereocenters. The Balaban J connectivity index is 2.83. The maximum atomic E-state index is 9.21. The summed E-state index contributed by atoms with van der Waals surface area (Å²) in [4.78, 5) is 4.17. The predicted octanol–water partition coefficient (Wildman–Crippen LogP) is 1.50. The first kappa shape index (κ1) is 6.97. The van der Waals surface area contributed by atoms with Gasteiger partial charge in [0.15, 0.2) is 0 Å². The number of rotatable bonds is 0. The Morgan fingerprint density at radius 1 is 1.36 bits per heavy atom. The average molecular weight is 259 g/mol. The Morgan fingerprint density at radius 2 is 2.27 bits per heavy atom. The van der Waals surface area contributed by atoms with E-state index in [2.05, 4.69) is 4.98 Å². The third kappa shape index (κ3) is 1.33. The Labute approximate surface area is 73.7 Å². The lowest BCUT2D eigenvalue weighted by molar-refractivity contribution is 0.466. The molecule has 3 heteroatoms. The maximum Gasteiger partial charge on any atom is 0.148 e. The lowest BCUT2D eigenvalue weighted by atomic mass is 10.4. The van der Waals surface area contributed by atoms with Crippen LogP contribution in [0.3, 0.4) is 0 Å². The van der Waals surface area contributed by atoms with E-state index in [0.29, 0.717) is 3.77 Å². The fourth-order valence-electron chi connectivity index (χ4n) is 0.884. The first-order valence-corrected chi connectivity index (χ1v) is 5.36. The number of hydrogen-bond acceptors (Lipinski definition) is 2. The molecule has 0 aliphatic carbocycles. The van der Waals surface area contributed by atoms with Gasteiger partial charge in [0, 0.05) is 9.35 Å². The van der Waals surface area contributed by atoms with Gasteiger partial charge in [0.1, 0.15) is 3.77 Å². The smallest absolute Gasteiger partial charge is 0.148 e. The first-order valence-electron chi connectivity index (χ1n) is 3.20. The van der Waals surface area contributed by atoms with Crippen molar-refractivity contribution in [1.29, 1.82) is 0 Å². The summed E-state index contributed by atoms with van der Waals surface area (Å²) in [6.45, 7) is 0. The van der Waals surface area contributed by atoms with E-state index >= 15 is 0 Å². The molecule has 0 radical (unpaired) electrons. The first-order chi connectivity index (χ1) is 5.36. The molecule has 1 aromatic rings. The zero-order valence-corrected chi connectivity index (χ0v) is 7.82. The third-order valence-corrected chi connectivity index (χ3v) is 3.77. The highest BCUT2D eigenvalue weighted by atomic mass is 127. The molecule has 2 heterocycles. The van der Waals surface area contributed by atoms with Gasteiger partial charge in [-0.2, -0.15) is 0 Å². The van der Waals surface area contributed by atoms with Crippen LogP contribution in [0.2, 0.25) is 0 Å². The van der Waals surface area contributed by atoms with Crippen molar-refractivity contribution in [3.63, 3.8) is 0 Å². The van der Waals surface area contributed by atoms with Crippen molar-refractivity contribution < 1.29 is 5.11 Å². The summed E-state index contributed by atoms with van der Waals surface area (Å²) in [5.74, 6) is 0. The Morgan fingerprint density at radius 3 is 3.18 bits per heavy atom. The number of halogens is 1. The van der Waals surface area contributed by atoms with Gasteiger partial charge in [0.05, 0.1) is 5.35 Å². The minimum absolute atomic E-state index is 0.345. The second-order valence-corrected chi connectivity index (χ2v) is 4.93. The summed E-state index contributed by atoms with van der Waals surface area (Å²) in [6.07, 6.45) is 5.37. The molecular formula is C8H6INO. The number of nitrogens with zero attached hydrogens (tertiary/aromatic N) is 1. The highest BCUT2D eigenvalue weighted by Gasteiger charge is 1.93. The van der Waals surface area contributed by atoms with Crippen LogP contribution in [-0.2, 0) is 0 Å². The summed E-state index contributed by atoms with van der Waals surface area (Å²) in [7, 11) is 0.